The number of hydrogen-bond acceptors (Lipinski definition) is 7. The first kappa shape index (κ1) is 17.7. The highest BCUT2D eigenvalue weighted by molar-refractivity contribution is 6.30. The van der Waals surface area contributed by atoms with Crippen LogP contribution in [0.1, 0.15) is 18.7 Å². The van der Waals surface area contributed by atoms with E-state index in [4.69, 9.17) is 11.6 Å². The van der Waals surface area contributed by atoms with E-state index in [-0.39, 0.29) is 0 Å². The lowest BCUT2D eigenvalue weighted by atomic mass is 10.2. The zero-order chi connectivity index (χ0) is 19.6. The van der Waals surface area contributed by atoms with Crippen molar-refractivity contribution in [2.24, 2.45) is 0 Å². The van der Waals surface area contributed by atoms with Crippen molar-refractivity contribution in [3.8, 4) is 17.1 Å². The van der Waals surface area contributed by atoms with Crippen LogP contribution in [-0.4, -0.2) is 46.5 Å². The Kier molecular flexibility index (Phi) is 4.65. The van der Waals surface area contributed by atoms with E-state index in [9.17, 15) is 0 Å². The summed E-state index contributed by atoms with van der Waals surface area (Å²) in [4.78, 5) is 7.74. The summed E-state index contributed by atoms with van der Waals surface area (Å²) in [5.74, 6) is 2.30. The molecule has 0 aliphatic carbocycles. The molecule has 9 nitrogen and oxygen atoms in total. The molecule has 5 rings (SSSR count). The average Bonchev–Trinajstić information content (AvgIpc) is 3.33. The standard InChI is InChI=1S/C19H18ClN9/c20-15-4-3-5-16(12-15)29-25-17(22-26-29)13-27-10-1-2-11-28-18(23-24-19(27)28)14-6-8-21-9-7-14/h3-9,12H,1-2,10-11,13H2. The number of pyridine rings is 1. The minimum Gasteiger partial charge on any atom is -0.333 e. The van der Waals surface area contributed by atoms with E-state index in [0.29, 0.717) is 17.4 Å². The molecule has 0 amide bonds. The Morgan fingerprint density at radius 2 is 1.83 bits per heavy atom. The predicted molar refractivity (Wildman–Crippen MR) is 108 cm³/mol. The lowest BCUT2D eigenvalue weighted by molar-refractivity contribution is 0.651. The van der Waals surface area contributed by atoms with Crippen molar-refractivity contribution in [3.05, 3.63) is 59.6 Å². The van der Waals surface area contributed by atoms with Gasteiger partial charge in [-0.3, -0.25) is 9.55 Å². The summed E-state index contributed by atoms with van der Waals surface area (Å²) in [5.41, 5.74) is 1.78. The monoisotopic (exact) mass is 407 g/mol. The average molecular weight is 408 g/mol. The van der Waals surface area contributed by atoms with Gasteiger partial charge in [0.25, 0.3) is 0 Å². The van der Waals surface area contributed by atoms with Gasteiger partial charge in [-0.05, 0) is 48.4 Å². The van der Waals surface area contributed by atoms with Gasteiger partial charge in [-0.2, -0.15) is 0 Å². The number of halogens is 1. The lowest BCUT2D eigenvalue weighted by Crippen LogP contribution is -2.26. The third-order valence-electron chi connectivity index (χ3n) is 4.84. The van der Waals surface area contributed by atoms with Crippen LogP contribution in [-0.2, 0) is 13.1 Å². The van der Waals surface area contributed by atoms with Gasteiger partial charge in [-0.1, -0.05) is 17.7 Å². The van der Waals surface area contributed by atoms with Gasteiger partial charge in [0.1, 0.15) is 0 Å². The van der Waals surface area contributed by atoms with E-state index in [1.807, 2.05) is 30.3 Å². The van der Waals surface area contributed by atoms with Crippen molar-refractivity contribution in [1.29, 1.82) is 0 Å². The smallest absolute Gasteiger partial charge is 0.227 e. The summed E-state index contributed by atoms with van der Waals surface area (Å²) in [6.45, 7) is 2.24. The third-order valence-corrected chi connectivity index (χ3v) is 5.07. The summed E-state index contributed by atoms with van der Waals surface area (Å²) < 4.78 is 2.16. The van der Waals surface area contributed by atoms with Crippen molar-refractivity contribution in [1.82, 2.24) is 40.0 Å². The van der Waals surface area contributed by atoms with E-state index in [2.05, 4.69) is 40.1 Å². The number of anilines is 1. The topological polar surface area (TPSA) is 90.4 Å². The van der Waals surface area contributed by atoms with Crippen LogP contribution in [0.15, 0.2) is 48.8 Å². The molecule has 1 aromatic carbocycles. The molecule has 0 spiro atoms. The van der Waals surface area contributed by atoms with Crippen molar-refractivity contribution in [3.63, 3.8) is 0 Å². The molecule has 146 valence electrons. The highest BCUT2D eigenvalue weighted by Gasteiger charge is 2.23. The molecule has 1 aliphatic rings. The molecule has 0 bridgehead atoms. The number of fused-ring (bicyclic) bond motifs is 1. The maximum absolute atomic E-state index is 6.06. The number of aromatic nitrogens is 8. The van der Waals surface area contributed by atoms with Crippen molar-refractivity contribution >= 4 is 17.5 Å². The molecule has 0 saturated heterocycles. The first-order chi connectivity index (χ1) is 14.3. The van der Waals surface area contributed by atoms with Crippen molar-refractivity contribution < 1.29 is 0 Å². The molecule has 10 heteroatoms. The van der Waals surface area contributed by atoms with Gasteiger partial charge >= 0.3 is 0 Å². The Balaban J connectivity index is 1.43. The summed E-state index contributed by atoms with van der Waals surface area (Å²) in [5, 5.41) is 22.4. The summed E-state index contributed by atoms with van der Waals surface area (Å²) in [6.07, 6.45) is 5.65. The summed E-state index contributed by atoms with van der Waals surface area (Å²) in [7, 11) is 0. The zero-order valence-corrected chi connectivity index (χ0v) is 16.3. The van der Waals surface area contributed by atoms with Crippen LogP contribution in [0.3, 0.4) is 0 Å². The second-order valence-electron chi connectivity index (χ2n) is 6.81. The Morgan fingerprint density at radius 3 is 2.69 bits per heavy atom. The van der Waals surface area contributed by atoms with Crippen LogP contribution in [0.25, 0.3) is 17.1 Å². The molecule has 4 aromatic rings. The normalized spacial score (nSPS) is 13.9. The molecule has 0 radical (unpaired) electrons. The Bertz CT molecular complexity index is 1120. The van der Waals surface area contributed by atoms with Gasteiger partial charge in [0.05, 0.1) is 12.2 Å². The molecule has 3 aromatic heterocycles. The Morgan fingerprint density at radius 1 is 0.966 bits per heavy atom. The first-order valence-electron chi connectivity index (χ1n) is 9.41. The van der Waals surface area contributed by atoms with Gasteiger partial charge < -0.3 is 4.90 Å². The SMILES string of the molecule is Clc1cccc(-n2nnc(CN3CCCCn4c(-c5ccncc5)nnc43)n2)c1. The maximum atomic E-state index is 6.06. The fourth-order valence-corrected chi connectivity index (χ4v) is 3.64. The molecule has 1 aliphatic heterocycles. The minimum atomic E-state index is 0.509. The van der Waals surface area contributed by atoms with Crippen LogP contribution in [0.2, 0.25) is 5.02 Å². The van der Waals surface area contributed by atoms with Crippen LogP contribution < -0.4 is 4.90 Å². The summed E-state index contributed by atoms with van der Waals surface area (Å²) in [6, 6.07) is 11.3. The summed E-state index contributed by atoms with van der Waals surface area (Å²) >= 11 is 6.06. The maximum Gasteiger partial charge on any atom is 0.227 e. The van der Waals surface area contributed by atoms with Gasteiger partial charge in [-0.15, -0.1) is 25.2 Å². The van der Waals surface area contributed by atoms with Gasteiger partial charge in [0.15, 0.2) is 11.6 Å². The minimum absolute atomic E-state index is 0.509. The molecule has 0 saturated carbocycles. The quantitative estimate of drug-likeness (QED) is 0.513. The second kappa shape index (κ2) is 7.59. The lowest BCUT2D eigenvalue weighted by Gasteiger charge is -2.19. The molecule has 0 N–H and O–H groups in total. The van der Waals surface area contributed by atoms with Crippen LogP contribution in [0.4, 0.5) is 5.95 Å². The molecule has 0 fully saturated rings. The first-order valence-corrected chi connectivity index (χ1v) is 9.79. The van der Waals surface area contributed by atoms with E-state index >= 15 is 0 Å². The Labute approximate surface area is 172 Å². The predicted octanol–water partition coefficient (Wildman–Crippen LogP) is 2.77. The number of nitrogens with zero attached hydrogens (tertiary/aromatic N) is 9. The van der Waals surface area contributed by atoms with E-state index in [0.717, 1.165) is 49.0 Å². The highest BCUT2D eigenvalue weighted by Crippen LogP contribution is 2.26. The fourth-order valence-electron chi connectivity index (χ4n) is 3.46. The number of tetrazole rings is 1. The Hall–Kier alpha value is -3.33. The van der Waals surface area contributed by atoms with Crippen LogP contribution in [0, 0.1) is 0 Å². The molecule has 4 heterocycles. The molecule has 0 unspecified atom stereocenters. The van der Waals surface area contributed by atoms with Crippen LogP contribution in [0.5, 0.6) is 0 Å². The molecule has 29 heavy (non-hydrogen) atoms. The molecule has 0 atom stereocenters. The zero-order valence-electron chi connectivity index (χ0n) is 15.6. The van der Waals surface area contributed by atoms with E-state index < -0.39 is 0 Å². The fraction of sp³-hybridized carbons (Fsp3) is 0.263. The van der Waals surface area contributed by atoms with Crippen molar-refractivity contribution in [2.45, 2.75) is 25.9 Å². The molecular weight excluding hydrogens is 390 g/mol. The largest absolute Gasteiger partial charge is 0.333 e. The van der Waals surface area contributed by atoms with Crippen molar-refractivity contribution in [2.75, 3.05) is 11.4 Å². The van der Waals surface area contributed by atoms with E-state index in [1.165, 1.54) is 4.80 Å². The molecular formula is C19H18ClN9. The van der Waals surface area contributed by atoms with Crippen LogP contribution >= 0.6 is 11.6 Å². The number of hydrogen-bond donors (Lipinski definition) is 0. The van der Waals surface area contributed by atoms with Gasteiger partial charge in [-0.25, -0.2) is 0 Å². The third kappa shape index (κ3) is 3.56. The highest BCUT2D eigenvalue weighted by atomic mass is 35.5. The van der Waals surface area contributed by atoms with E-state index in [1.54, 1.807) is 18.5 Å². The van der Waals surface area contributed by atoms with Gasteiger partial charge in [0, 0.05) is 36.1 Å². The number of rotatable bonds is 4. The second-order valence-corrected chi connectivity index (χ2v) is 7.25. The van der Waals surface area contributed by atoms with Gasteiger partial charge in [0.2, 0.25) is 5.95 Å². The number of benzene rings is 1.